The van der Waals surface area contributed by atoms with Gasteiger partial charge in [-0.05, 0) is 18.2 Å². The third-order valence-corrected chi connectivity index (χ3v) is 5.56. The van der Waals surface area contributed by atoms with Crippen molar-refractivity contribution in [1.29, 1.82) is 0 Å². The van der Waals surface area contributed by atoms with Crippen molar-refractivity contribution in [1.82, 2.24) is 4.57 Å². The number of halogens is 2. The first-order chi connectivity index (χ1) is 15.4. The predicted molar refractivity (Wildman–Crippen MR) is 120 cm³/mol. The summed E-state index contributed by atoms with van der Waals surface area (Å²) in [5.74, 6) is -0.420. The largest absolute Gasteiger partial charge is 0.492 e. The third kappa shape index (κ3) is 4.32. The molecule has 0 saturated carbocycles. The van der Waals surface area contributed by atoms with Crippen LogP contribution in [0.3, 0.4) is 0 Å². The van der Waals surface area contributed by atoms with Gasteiger partial charge in [0.15, 0.2) is 5.43 Å². The van der Waals surface area contributed by atoms with Gasteiger partial charge in [-0.1, -0.05) is 35.3 Å². The van der Waals surface area contributed by atoms with Gasteiger partial charge in [-0.3, -0.25) is 4.79 Å². The summed E-state index contributed by atoms with van der Waals surface area (Å²) in [6, 6.07) is 11.6. The first-order valence-electron chi connectivity index (χ1n) is 9.76. The average Bonchev–Trinajstić information content (AvgIpc) is 2.77. The van der Waals surface area contributed by atoms with Crippen LogP contribution in [-0.4, -0.2) is 36.0 Å². The van der Waals surface area contributed by atoms with Gasteiger partial charge in [-0.15, -0.1) is 0 Å². The standard InChI is InChI=1S/C23H19Cl2NO6/c1-30-7-2-8-31-21-11-20-15(9-17(21)25)18-10-19(27)16(23(28)29)12-26(18)22(32-20)13-3-5-14(24)6-4-13/h3-6,9-12,22H,2,7-8H2,1H3,(H,28,29). The van der Waals surface area contributed by atoms with Gasteiger partial charge in [0.05, 0.1) is 17.3 Å². The lowest BCUT2D eigenvalue weighted by Crippen LogP contribution is -2.27. The molecule has 3 aromatic rings. The molecule has 1 atom stereocenters. The number of pyridine rings is 1. The van der Waals surface area contributed by atoms with Crippen molar-refractivity contribution in [3.05, 3.63) is 80.1 Å². The van der Waals surface area contributed by atoms with Gasteiger partial charge in [0.2, 0.25) is 6.23 Å². The van der Waals surface area contributed by atoms with Crippen LogP contribution in [0.2, 0.25) is 10.0 Å². The molecular weight excluding hydrogens is 457 g/mol. The zero-order valence-corrected chi connectivity index (χ0v) is 18.5. The molecule has 0 saturated heterocycles. The minimum absolute atomic E-state index is 0.344. The maximum absolute atomic E-state index is 12.5. The molecule has 9 heteroatoms. The maximum Gasteiger partial charge on any atom is 0.341 e. The number of ether oxygens (including phenoxy) is 3. The number of carboxylic acid groups (broad SMARTS) is 1. The molecular formula is C23H19Cl2NO6. The van der Waals surface area contributed by atoms with Crippen LogP contribution in [-0.2, 0) is 4.74 Å². The summed E-state index contributed by atoms with van der Waals surface area (Å²) in [4.78, 5) is 24.0. The van der Waals surface area contributed by atoms with Crippen LogP contribution in [0, 0.1) is 0 Å². The van der Waals surface area contributed by atoms with Crippen LogP contribution < -0.4 is 14.9 Å². The lowest BCUT2D eigenvalue weighted by Gasteiger charge is -2.32. The van der Waals surface area contributed by atoms with Crippen LogP contribution in [0.25, 0.3) is 11.3 Å². The van der Waals surface area contributed by atoms with Crippen LogP contribution >= 0.6 is 23.2 Å². The number of carboxylic acids is 1. The number of hydrogen-bond donors (Lipinski definition) is 1. The van der Waals surface area contributed by atoms with Crippen LogP contribution in [0.1, 0.15) is 28.6 Å². The fraction of sp³-hybridized carbons (Fsp3) is 0.217. The van der Waals surface area contributed by atoms with Crippen molar-refractivity contribution in [3.63, 3.8) is 0 Å². The lowest BCUT2D eigenvalue weighted by atomic mass is 10.0. The normalized spacial score (nSPS) is 14.3. The minimum Gasteiger partial charge on any atom is -0.492 e. The Kier molecular flexibility index (Phi) is 6.41. The summed E-state index contributed by atoms with van der Waals surface area (Å²) in [5.41, 5.74) is 0.790. The molecule has 1 aromatic heterocycles. The van der Waals surface area contributed by atoms with E-state index in [9.17, 15) is 14.7 Å². The van der Waals surface area contributed by atoms with Crippen molar-refractivity contribution in [2.75, 3.05) is 20.3 Å². The predicted octanol–water partition coefficient (Wildman–Crippen LogP) is 4.87. The Morgan fingerprint density at radius 3 is 2.59 bits per heavy atom. The van der Waals surface area contributed by atoms with E-state index in [-0.39, 0.29) is 5.56 Å². The Balaban J connectivity index is 1.83. The third-order valence-electron chi connectivity index (χ3n) is 5.02. The van der Waals surface area contributed by atoms with Crippen molar-refractivity contribution < 1.29 is 24.1 Å². The number of aromatic nitrogens is 1. The molecule has 32 heavy (non-hydrogen) atoms. The van der Waals surface area contributed by atoms with Gasteiger partial charge in [0, 0.05) is 54.6 Å². The average molecular weight is 476 g/mol. The number of nitrogens with zero attached hydrogens (tertiary/aromatic N) is 1. The monoisotopic (exact) mass is 475 g/mol. The summed E-state index contributed by atoms with van der Waals surface area (Å²) < 4.78 is 18.6. The van der Waals surface area contributed by atoms with Crippen LogP contribution in [0.5, 0.6) is 11.5 Å². The quantitative estimate of drug-likeness (QED) is 0.490. The highest BCUT2D eigenvalue weighted by Gasteiger charge is 2.29. The fourth-order valence-corrected chi connectivity index (χ4v) is 3.83. The van der Waals surface area contributed by atoms with E-state index in [1.807, 2.05) is 0 Å². The Labute approximate surface area is 193 Å². The molecule has 0 fully saturated rings. The van der Waals surface area contributed by atoms with E-state index in [0.717, 1.165) is 5.56 Å². The molecule has 7 nitrogen and oxygen atoms in total. The second kappa shape index (κ2) is 9.24. The minimum atomic E-state index is -1.32. The molecule has 0 spiro atoms. The highest BCUT2D eigenvalue weighted by atomic mass is 35.5. The Morgan fingerprint density at radius 2 is 1.91 bits per heavy atom. The number of aromatic carboxylic acids is 1. The Morgan fingerprint density at radius 1 is 1.16 bits per heavy atom. The summed E-state index contributed by atoms with van der Waals surface area (Å²) >= 11 is 12.4. The number of hydrogen-bond acceptors (Lipinski definition) is 5. The first kappa shape index (κ1) is 22.2. The molecule has 1 unspecified atom stereocenters. The topological polar surface area (TPSA) is 87.0 Å². The van der Waals surface area contributed by atoms with E-state index < -0.39 is 17.6 Å². The zero-order chi connectivity index (χ0) is 22.8. The van der Waals surface area contributed by atoms with Gasteiger partial charge >= 0.3 is 5.97 Å². The molecule has 1 aliphatic rings. The number of benzene rings is 2. The molecule has 0 radical (unpaired) electrons. The number of rotatable bonds is 7. The van der Waals surface area contributed by atoms with E-state index in [0.29, 0.717) is 52.4 Å². The molecule has 1 aliphatic heterocycles. The van der Waals surface area contributed by atoms with E-state index in [2.05, 4.69) is 0 Å². The van der Waals surface area contributed by atoms with Crippen LogP contribution in [0.4, 0.5) is 0 Å². The van der Waals surface area contributed by atoms with Crippen molar-refractivity contribution >= 4 is 29.2 Å². The van der Waals surface area contributed by atoms with Gasteiger partial charge in [-0.25, -0.2) is 4.79 Å². The van der Waals surface area contributed by atoms with Gasteiger partial charge in [-0.2, -0.15) is 0 Å². The van der Waals surface area contributed by atoms with Gasteiger partial charge < -0.3 is 23.9 Å². The smallest absolute Gasteiger partial charge is 0.341 e. The Bertz CT molecular complexity index is 1220. The number of methoxy groups -OCH3 is 1. The van der Waals surface area contributed by atoms with E-state index in [4.69, 9.17) is 37.4 Å². The van der Waals surface area contributed by atoms with Gasteiger partial charge in [0.1, 0.15) is 17.1 Å². The SMILES string of the molecule is COCCCOc1cc2c(cc1Cl)-c1cc(=O)c(C(=O)O)cn1C(c1ccc(Cl)cc1)O2. The molecule has 0 amide bonds. The second-order valence-corrected chi connectivity index (χ2v) is 7.99. The zero-order valence-electron chi connectivity index (χ0n) is 17.0. The fourth-order valence-electron chi connectivity index (χ4n) is 3.48. The van der Waals surface area contributed by atoms with Crippen molar-refractivity contribution in [3.8, 4) is 22.8 Å². The number of fused-ring (bicyclic) bond motifs is 3. The lowest BCUT2D eigenvalue weighted by molar-refractivity contribution is 0.0693. The van der Waals surface area contributed by atoms with E-state index >= 15 is 0 Å². The molecule has 0 bridgehead atoms. The second-order valence-electron chi connectivity index (χ2n) is 7.14. The molecule has 166 valence electrons. The van der Waals surface area contributed by atoms with Crippen molar-refractivity contribution in [2.24, 2.45) is 0 Å². The van der Waals surface area contributed by atoms with E-state index in [1.165, 1.54) is 12.3 Å². The summed E-state index contributed by atoms with van der Waals surface area (Å²) in [6.45, 7) is 0.963. The molecule has 0 aliphatic carbocycles. The summed E-state index contributed by atoms with van der Waals surface area (Å²) in [5, 5.41) is 10.3. The first-order valence-corrected chi connectivity index (χ1v) is 10.5. The molecule has 2 heterocycles. The van der Waals surface area contributed by atoms with Gasteiger partial charge in [0.25, 0.3) is 0 Å². The maximum atomic E-state index is 12.5. The summed E-state index contributed by atoms with van der Waals surface area (Å²) in [7, 11) is 1.62. The highest BCUT2D eigenvalue weighted by Crippen LogP contribution is 2.44. The molecule has 2 aromatic carbocycles. The number of carbonyl (C=O) groups is 1. The molecule has 4 rings (SSSR count). The summed E-state index contributed by atoms with van der Waals surface area (Å²) in [6.07, 6.45) is 1.25. The van der Waals surface area contributed by atoms with E-state index in [1.54, 1.807) is 48.1 Å². The van der Waals surface area contributed by atoms with Crippen LogP contribution in [0.15, 0.2) is 53.5 Å². The highest BCUT2D eigenvalue weighted by molar-refractivity contribution is 6.32. The Hall–Kier alpha value is -3.00. The molecule has 1 N–H and O–H groups in total. The van der Waals surface area contributed by atoms with Crippen molar-refractivity contribution in [2.45, 2.75) is 12.6 Å².